The Morgan fingerprint density at radius 1 is 1.05 bits per heavy atom. The molecule has 0 radical (unpaired) electrons. The van der Waals surface area contributed by atoms with Crippen LogP contribution in [0.4, 0.5) is 0 Å². The molecule has 0 fully saturated rings. The van der Waals surface area contributed by atoms with E-state index in [1.54, 1.807) is 11.3 Å². The van der Waals surface area contributed by atoms with Crippen LogP contribution < -0.4 is 0 Å². The van der Waals surface area contributed by atoms with Crippen LogP contribution in [0.15, 0.2) is 11.4 Å². The normalized spacial score (nSPS) is 10.6. The first-order valence-electron chi connectivity index (χ1n) is 7.87. The Kier molecular flexibility index (Phi) is 8.99. The van der Waals surface area contributed by atoms with Crippen molar-refractivity contribution in [3.8, 4) is 0 Å². The number of unbranched alkanes of at least 4 members (excludes halogenated alkanes) is 5. The second-order valence-electron chi connectivity index (χ2n) is 5.34. The van der Waals surface area contributed by atoms with Crippen LogP contribution in [0.1, 0.15) is 73.5 Å². The van der Waals surface area contributed by atoms with Gasteiger partial charge in [-0.05, 0) is 43.7 Å². The summed E-state index contributed by atoms with van der Waals surface area (Å²) in [7, 11) is 0. The molecule has 0 saturated heterocycles. The Morgan fingerprint density at radius 2 is 1.67 bits per heavy atom. The van der Waals surface area contributed by atoms with E-state index in [1.807, 2.05) is 25.3 Å². The van der Waals surface area contributed by atoms with E-state index in [0.29, 0.717) is 19.4 Å². The van der Waals surface area contributed by atoms with Gasteiger partial charge < -0.3 is 4.74 Å². The Hall–Kier alpha value is -1.16. The van der Waals surface area contributed by atoms with E-state index >= 15 is 0 Å². The summed E-state index contributed by atoms with van der Waals surface area (Å²) in [5.74, 6) is 0.185. The number of hydrogen-bond donors (Lipinski definition) is 0. The average molecular weight is 310 g/mol. The minimum absolute atomic E-state index is 0.0886. The molecule has 0 unspecified atom stereocenters. The molecule has 118 valence electrons. The zero-order valence-corrected chi connectivity index (χ0v) is 14.0. The Bertz CT molecular complexity index is 437. The van der Waals surface area contributed by atoms with Gasteiger partial charge in [0.05, 0.1) is 11.5 Å². The van der Waals surface area contributed by atoms with E-state index in [9.17, 15) is 9.59 Å². The summed E-state index contributed by atoms with van der Waals surface area (Å²) in [6.07, 6.45) is 7.49. The molecule has 0 aliphatic heterocycles. The second-order valence-corrected chi connectivity index (χ2v) is 6.25. The highest BCUT2D eigenvalue weighted by atomic mass is 32.1. The number of carbonyl (C=O) groups is 2. The second kappa shape index (κ2) is 10.6. The third kappa shape index (κ3) is 8.00. The Morgan fingerprint density at radius 3 is 2.24 bits per heavy atom. The highest BCUT2D eigenvalue weighted by Crippen LogP contribution is 2.17. The molecule has 1 aromatic heterocycles. The molecule has 0 aromatic carbocycles. The van der Waals surface area contributed by atoms with Gasteiger partial charge in [0.15, 0.2) is 5.78 Å². The Balaban J connectivity index is 1.95. The number of esters is 1. The van der Waals surface area contributed by atoms with Gasteiger partial charge in [0, 0.05) is 12.8 Å². The molecule has 0 aliphatic carbocycles. The number of aryl methyl sites for hydroxylation is 1. The third-order valence-electron chi connectivity index (χ3n) is 3.35. The van der Waals surface area contributed by atoms with Crippen molar-refractivity contribution in [3.63, 3.8) is 0 Å². The summed E-state index contributed by atoms with van der Waals surface area (Å²) < 4.78 is 4.88. The molecule has 21 heavy (non-hydrogen) atoms. The van der Waals surface area contributed by atoms with Crippen LogP contribution in [-0.2, 0) is 9.53 Å². The predicted molar refractivity (Wildman–Crippen MR) is 87.0 cm³/mol. The average Bonchev–Trinajstić information content (AvgIpc) is 2.88. The smallest absolute Gasteiger partial charge is 0.305 e. The number of rotatable bonds is 11. The molecule has 0 saturated carbocycles. The standard InChI is InChI=1S/C17H26O3S/c1-3-20-17(19)11-9-7-5-4-6-8-10-15(18)16-12-14(2)13-21-16/h12-13H,3-11H2,1-2H3. The minimum atomic E-state index is -0.0886. The fourth-order valence-electron chi connectivity index (χ4n) is 2.20. The van der Waals surface area contributed by atoms with Crippen molar-refractivity contribution in [2.75, 3.05) is 6.61 Å². The lowest BCUT2D eigenvalue weighted by Crippen LogP contribution is -2.03. The van der Waals surface area contributed by atoms with Gasteiger partial charge in [-0.2, -0.15) is 0 Å². The lowest BCUT2D eigenvalue weighted by Gasteiger charge is -2.02. The maximum Gasteiger partial charge on any atom is 0.305 e. The van der Waals surface area contributed by atoms with Gasteiger partial charge in [-0.25, -0.2) is 0 Å². The number of carbonyl (C=O) groups excluding carboxylic acids is 2. The number of ketones is 1. The van der Waals surface area contributed by atoms with Gasteiger partial charge in [0.2, 0.25) is 0 Å². The monoisotopic (exact) mass is 310 g/mol. The van der Waals surface area contributed by atoms with Crippen LogP contribution >= 0.6 is 11.3 Å². The molecular formula is C17H26O3S. The largest absolute Gasteiger partial charge is 0.466 e. The van der Waals surface area contributed by atoms with Crippen molar-refractivity contribution >= 4 is 23.1 Å². The quantitative estimate of drug-likeness (QED) is 0.331. The van der Waals surface area contributed by atoms with Gasteiger partial charge in [0.25, 0.3) is 0 Å². The molecule has 4 heteroatoms. The van der Waals surface area contributed by atoms with Gasteiger partial charge in [0.1, 0.15) is 0 Å². The third-order valence-corrected chi connectivity index (χ3v) is 4.43. The van der Waals surface area contributed by atoms with Crippen LogP contribution in [0.2, 0.25) is 0 Å². The lowest BCUT2D eigenvalue weighted by molar-refractivity contribution is -0.143. The van der Waals surface area contributed by atoms with E-state index in [-0.39, 0.29) is 11.8 Å². The lowest BCUT2D eigenvalue weighted by atomic mass is 10.1. The van der Waals surface area contributed by atoms with E-state index in [4.69, 9.17) is 4.74 Å². The van der Waals surface area contributed by atoms with Crippen molar-refractivity contribution in [3.05, 3.63) is 21.9 Å². The van der Waals surface area contributed by atoms with Crippen LogP contribution in [0.3, 0.4) is 0 Å². The summed E-state index contributed by atoms with van der Waals surface area (Å²) in [5.41, 5.74) is 1.17. The summed E-state index contributed by atoms with van der Waals surface area (Å²) in [4.78, 5) is 23.9. The van der Waals surface area contributed by atoms with Gasteiger partial charge in [-0.15, -0.1) is 11.3 Å². The molecule has 0 N–H and O–H groups in total. The first-order valence-corrected chi connectivity index (χ1v) is 8.75. The fourth-order valence-corrected chi connectivity index (χ4v) is 3.06. The summed E-state index contributed by atoms with van der Waals surface area (Å²) in [5, 5.41) is 2.02. The van der Waals surface area contributed by atoms with Crippen molar-refractivity contribution in [1.29, 1.82) is 0 Å². The molecule has 0 aliphatic rings. The highest BCUT2D eigenvalue weighted by Gasteiger charge is 2.07. The summed E-state index contributed by atoms with van der Waals surface area (Å²) in [6.45, 7) is 4.32. The minimum Gasteiger partial charge on any atom is -0.466 e. The van der Waals surface area contributed by atoms with Crippen LogP contribution in [-0.4, -0.2) is 18.4 Å². The number of hydrogen-bond acceptors (Lipinski definition) is 4. The molecular weight excluding hydrogens is 284 g/mol. The van der Waals surface area contributed by atoms with E-state index < -0.39 is 0 Å². The number of Topliss-reactive ketones (excluding diaryl/α,β-unsaturated/α-hetero) is 1. The first kappa shape index (κ1) is 17.9. The topological polar surface area (TPSA) is 43.4 Å². The van der Waals surface area contributed by atoms with Crippen molar-refractivity contribution in [1.82, 2.24) is 0 Å². The SMILES string of the molecule is CCOC(=O)CCCCCCCCC(=O)c1cc(C)cs1. The molecule has 0 amide bonds. The zero-order chi connectivity index (χ0) is 15.5. The number of ether oxygens (including phenoxy) is 1. The van der Waals surface area contributed by atoms with E-state index in [0.717, 1.165) is 43.4 Å². The maximum atomic E-state index is 11.9. The first-order chi connectivity index (χ1) is 10.1. The number of thiophene rings is 1. The molecule has 0 spiro atoms. The van der Waals surface area contributed by atoms with Crippen molar-refractivity contribution < 1.29 is 14.3 Å². The fraction of sp³-hybridized carbons (Fsp3) is 0.647. The molecule has 3 nitrogen and oxygen atoms in total. The predicted octanol–water partition coefficient (Wildman–Crippen LogP) is 4.92. The Labute approximate surface area is 131 Å². The zero-order valence-electron chi connectivity index (χ0n) is 13.2. The van der Waals surface area contributed by atoms with Crippen molar-refractivity contribution in [2.24, 2.45) is 0 Å². The maximum absolute atomic E-state index is 11.9. The van der Waals surface area contributed by atoms with Gasteiger partial charge in [-0.1, -0.05) is 25.7 Å². The van der Waals surface area contributed by atoms with Crippen molar-refractivity contribution in [2.45, 2.75) is 65.2 Å². The molecule has 1 aromatic rings. The van der Waals surface area contributed by atoms with Gasteiger partial charge in [-0.3, -0.25) is 9.59 Å². The van der Waals surface area contributed by atoms with Crippen LogP contribution in [0.5, 0.6) is 0 Å². The summed E-state index contributed by atoms with van der Waals surface area (Å²) in [6, 6.07) is 1.97. The molecule has 0 bridgehead atoms. The molecule has 0 atom stereocenters. The van der Waals surface area contributed by atoms with Crippen LogP contribution in [0, 0.1) is 6.92 Å². The van der Waals surface area contributed by atoms with E-state index in [1.165, 1.54) is 5.56 Å². The van der Waals surface area contributed by atoms with Crippen LogP contribution in [0.25, 0.3) is 0 Å². The highest BCUT2D eigenvalue weighted by molar-refractivity contribution is 7.12. The molecule has 1 heterocycles. The van der Waals surface area contributed by atoms with E-state index in [2.05, 4.69) is 0 Å². The molecule has 1 rings (SSSR count). The summed E-state index contributed by atoms with van der Waals surface area (Å²) >= 11 is 1.55. The van der Waals surface area contributed by atoms with Gasteiger partial charge >= 0.3 is 5.97 Å².